The minimum Gasteiger partial charge on any atom is -0.480 e. The monoisotopic (exact) mass is 377 g/mol. The van der Waals surface area contributed by atoms with Gasteiger partial charge in [0.25, 0.3) is 5.91 Å². The first-order valence-electron chi connectivity index (χ1n) is 5.44. The van der Waals surface area contributed by atoms with Gasteiger partial charge in [-0.15, -0.1) is 0 Å². The van der Waals surface area contributed by atoms with Crippen LogP contribution in [0.3, 0.4) is 0 Å². The Morgan fingerprint density at radius 1 is 1.39 bits per heavy atom. The summed E-state index contributed by atoms with van der Waals surface area (Å²) in [5.41, 5.74) is 0.409. The minimum absolute atomic E-state index is 0.399. The van der Waals surface area contributed by atoms with Crippen molar-refractivity contribution in [1.82, 2.24) is 5.32 Å². The Labute approximate surface area is 122 Å². The summed E-state index contributed by atoms with van der Waals surface area (Å²) in [5.74, 6) is -1.42. The molecule has 1 aromatic rings. The Morgan fingerprint density at radius 3 is 2.61 bits per heavy atom. The van der Waals surface area contributed by atoms with Crippen LogP contribution >= 0.6 is 31.9 Å². The number of carboxylic acids is 1. The largest absolute Gasteiger partial charge is 0.480 e. The molecule has 2 N–H and O–H groups in total. The van der Waals surface area contributed by atoms with Gasteiger partial charge in [-0.3, -0.25) is 4.79 Å². The van der Waals surface area contributed by atoms with Crippen LogP contribution < -0.4 is 5.32 Å². The lowest BCUT2D eigenvalue weighted by Gasteiger charge is -2.14. The molecule has 0 aliphatic carbocycles. The van der Waals surface area contributed by atoms with Crippen LogP contribution in [0.15, 0.2) is 27.1 Å². The number of amides is 1. The number of carboxylic acid groups (broad SMARTS) is 1. The zero-order chi connectivity index (χ0) is 13.7. The fraction of sp³-hybridized carbons (Fsp3) is 0.333. The fourth-order valence-electron chi connectivity index (χ4n) is 1.45. The smallest absolute Gasteiger partial charge is 0.326 e. The molecule has 0 aliphatic heterocycles. The summed E-state index contributed by atoms with van der Waals surface area (Å²) in [6.45, 7) is 1.87. The van der Waals surface area contributed by atoms with E-state index < -0.39 is 17.9 Å². The SMILES string of the molecule is CCC[C@@H](NC(=O)c1cc(Br)ccc1Br)C(=O)O. The number of carbonyl (C=O) groups excluding carboxylic acids is 1. The van der Waals surface area contributed by atoms with Gasteiger partial charge in [-0.25, -0.2) is 4.79 Å². The van der Waals surface area contributed by atoms with Crippen LogP contribution in [0.25, 0.3) is 0 Å². The Bertz CT molecular complexity index is 463. The van der Waals surface area contributed by atoms with E-state index in [9.17, 15) is 9.59 Å². The molecule has 1 rings (SSSR count). The summed E-state index contributed by atoms with van der Waals surface area (Å²) in [5, 5.41) is 11.5. The van der Waals surface area contributed by atoms with Crippen molar-refractivity contribution >= 4 is 43.7 Å². The highest BCUT2D eigenvalue weighted by Gasteiger charge is 2.20. The average molecular weight is 379 g/mol. The molecule has 0 bridgehead atoms. The molecule has 0 radical (unpaired) electrons. The number of nitrogens with one attached hydrogen (secondary N) is 1. The van der Waals surface area contributed by atoms with E-state index in [0.717, 1.165) is 4.47 Å². The van der Waals surface area contributed by atoms with Crippen molar-refractivity contribution in [3.8, 4) is 0 Å². The number of rotatable bonds is 5. The van der Waals surface area contributed by atoms with E-state index in [2.05, 4.69) is 37.2 Å². The lowest BCUT2D eigenvalue weighted by atomic mass is 10.1. The van der Waals surface area contributed by atoms with Crippen molar-refractivity contribution < 1.29 is 14.7 Å². The number of halogens is 2. The Balaban J connectivity index is 2.86. The van der Waals surface area contributed by atoms with E-state index >= 15 is 0 Å². The Hall–Kier alpha value is -0.880. The quantitative estimate of drug-likeness (QED) is 0.826. The van der Waals surface area contributed by atoms with Gasteiger partial charge < -0.3 is 10.4 Å². The minimum atomic E-state index is -1.02. The normalized spacial score (nSPS) is 11.9. The van der Waals surface area contributed by atoms with E-state index in [0.29, 0.717) is 22.9 Å². The number of hydrogen-bond acceptors (Lipinski definition) is 2. The molecule has 1 aromatic carbocycles. The predicted molar refractivity (Wildman–Crippen MR) is 75.6 cm³/mol. The number of carbonyl (C=O) groups is 2. The molecule has 0 fully saturated rings. The van der Waals surface area contributed by atoms with Crippen LogP contribution in [-0.4, -0.2) is 23.0 Å². The Kier molecular flexibility index (Phi) is 5.81. The molecule has 98 valence electrons. The van der Waals surface area contributed by atoms with Crippen LogP contribution in [0.4, 0.5) is 0 Å². The maximum Gasteiger partial charge on any atom is 0.326 e. The molecule has 0 saturated heterocycles. The summed E-state index contributed by atoms with van der Waals surface area (Å²) >= 11 is 6.54. The first kappa shape index (κ1) is 15.2. The highest BCUT2D eigenvalue weighted by molar-refractivity contribution is 9.11. The van der Waals surface area contributed by atoms with Gasteiger partial charge in [0.15, 0.2) is 0 Å². The van der Waals surface area contributed by atoms with E-state index in [4.69, 9.17) is 5.11 Å². The van der Waals surface area contributed by atoms with E-state index in [1.807, 2.05) is 6.92 Å². The molecule has 0 aliphatic rings. The molecule has 1 atom stereocenters. The van der Waals surface area contributed by atoms with E-state index in [-0.39, 0.29) is 0 Å². The molecule has 1 amide bonds. The number of hydrogen-bond donors (Lipinski definition) is 2. The molecule has 6 heteroatoms. The van der Waals surface area contributed by atoms with Crippen LogP contribution in [0, 0.1) is 0 Å². The van der Waals surface area contributed by atoms with Crippen molar-refractivity contribution in [2.24, 2.45) is 0 Å². The maximum atomic E-state index is 12.0. The number of benzene rings is 1. The molecule has 0 saturated carbocycles. The van der Waals surface area contributed by atoms with Gasteiger partial charge in [0, 0.05) is 8.95 Å². The number of aliphatic carboxylic acids is 1. The van der Waals surface area contributed by atoms with Crippen LogP contribution in [0.1, 0.15) is 30.1 Å². The van der Waals surface area contributed by atoms with Crippen LogP contribution in [-0.2, 0) is 4.79 Å². The second-order valence-corrected chi connectivity index (χ2v) is 5.55. The summed E-state index contributed by atoms with van der Waals surface area (Å²) in [7, 11) is 0. The molecule has 0 spiro atoms. The van der Waals surface area contributed by atoms with E-state index in [1.165, 1.54) is 0 Å². The molecule has 4 nitrogen and oxygen atoms in total. The van der Waals surface area contributed by atoms with E-state index in [1.54, 1.807) is 18.2 Å². The third kappa shape index (κ3) is 4.10. The van der Waals surface area contributed by atoms with Crippen LogP contribution in [0.2, 0.25) is 0 Å². The Morgan fingerprint density at radius 2 is 2.06 bits per heavy atom. The maximum absolute atomic E-state index is 12.0. The summed E-state index contributed by atoms with van der Waals surface area (Å²) in [4.78, 5) is 23.0. The fourth-order valence-corrected chi connectivity index (χ4v) is 2.24. The van der Waals surface area contributed by atoms with Gasteiger partial charge in [-0.1, -0.05) is 29.3 Å². The zero-order valence-corrected chi connectivity index (χ0v) is 12.9. The lowest BCUT2D eigenvalue weighted by Crippen LogP contribution is -2.40. The van der Waals surface area contributed by atoms with Gasteiger partial charge in [-0.05, 0) is 40.5 Å². The average Bonchev–Trinajstić information content (AvgIpc) is 2.31. The lowest BCUT2D eigenvalue weighted by molar-refractivity contribution is -0.139. The van der Waals surface area contributed by atoms with Gasteiger partial charge in [0.1, 0.15) is 6.04 Å². The topological polar surface area (TPSA) is 66.4 Å². The summed E-state index contributed by atoms with van der Waals surface area (Å²) in [6, 6.07) is 4.31. The van der Waals surface area contributed by atoms with Crippen molar-refractivity contribution in [3.05, 3.63) is 32.7 Å². The first-order valence-corrected chi connectivity index (χ1v) is 7.03. The zero-order valence-electron chi connectivity index (χ0n) is 9.74. The third-order valence-electron chi connectivity index (χ3n) is 2.35. The van der Waals surface area contributed by atoms with Gasteiger partial charge in [0.05, 0.1) is 5.56 Å². The molecule has 18 heavy (non-hydrogen) atoms. The molecule has 0 heterocycles. The highest BCUT2D eigenvalue weighted by atomic mass is 79.9. The molecular formula is C12H13Br2NO3. The molecule has 0 aromatic heterocycles. The van der Waals surface area contributed by atoms with Gasteiger partial charge >= 0.3 is 5.97 Å². The van der Waals surface area contributed by atoms with Crippen molar-refractivity contribution in [2.75, 3.05) is 0 Å². The molecular weight excluding hydrogens is 366 g/mol. The standard InChI is InChI=1S/C12H13Br2NO3/c1-2-3-10(12(17)18)15-11(16)8-6-7(13)4-5-9(8)14/h4-6,10H,2-3H2,1H3,(H,15,16)(H,17,18)/t10-/m1/s1. The van der Waals surface area contributed by atoms with Gasteiger partial charge in [0.2, 0.25) is 0 Å². The summed E-state index contributed by atoms with van der Waals surface area (Å²) in [6.07, 6.45) is 1.10. The first-order chi connectivity index (χ1) is 8.45. The molecule has 0 unspecified atom stereocenters. The summed E-state index contributed by atoms with van der Waals surface area (Å²) < 4.78 is 1.39. The van der Waals surface area contributed by atoms with Crippen molar-refractivity contribution in [3.63, 3.8) is 0 Å². The predicted octanol–water partition coefficient (Wildman–Crippen LogP) is 3.19. The second kappa shape index (κ2) is 6.89. The van der Waals surface area contributed by atoms with Gasteiger partial charge in [-0.2, -0.15) is 0 Å². The second-order valence-electron chi connectivity index (χ2n) is 3.78. The highest BCUT2D eigenvalue weighted by Crippen LogP contribution is 2.21. The van der Waals surface area contributed by atoms with Crippen LogP contribution in [0.5, 0.6) is 0 Å². The third-order valence-corrected chi connectivity index (χ3v) is 3.54. The van der Waals surface area contributed by atoms with Crippen molar-refractivity contribution in [1.29, 1.82) is 0 Å². The van der Waals surface area contributed by atoms with Crippen molar-refractivity contribution in [2.45, 2.75) is 25.8 Å².